The summed E-state index contributed by atoms with van der Waals surface area (Å²) in [7, 11) is 0. The van der Waals surface area contributed by atoms with E-state index in [1.807, 2.05) is 0 Å². The third-order valence-electron chi connectivity index (χ3n) is 4.10. The molecular formula is C18H29NO2. The van der Waals surface area contributed by atoms with Crippen LogP contribution in [0.4, 0.5) is 0 Å². The Labute approximate surface area is 129 Å². The van der Waals surface area contributed by atoms with Gasteiger partial charge < -0.3 is 14.8 Å². The maximum atomic E-state index is 5.82. The van der Waals surface area contributed by atoms with E-state index < -0.39 is 0 Å². The van der Waals surface area contributed by atoms with E-state index in [4.69, 9.17) is 9.47 Å². The van der Waals surface area contributed by atoms with Gasteiger partial charge in [0.15, 0.2) is 0 Å². The summed E-state index contributed by atoms with van der Waals surface area (Å²) in [4.78, 5) is 0. The van der Waals surface area contributed by atoms with Gasteiger partial charge in [0.2, 0.25) is 0 Å². The standard InChI is InChI=1S/C18H29NO2/c1-4-19-14(2)5-7-16-8-11-17(12-9-16)20-13-18-10-6-15(3)21-18/h8-9,11-12,14-15,18-19H,4-7,10,13H2,1-3H3. The lowest BCUT2D eigenvalue weighted by molar-refractivity contribution is 0.0264. The van der Waals surface area contributed by atoms with Crippen molar-refractivity contribution in [2.75, 3.05) is 13.2 Å². The number of benzene rings is 1. The fourth-order valence-corrected chi connectivity index (χ4v) is 2.78. The SMILES string of the molecule is CCNC(C)CCc1ccc(OCC2CCC(C)O2)cc1. The Morgan fingerprint density at radius 3 is 2.67 bits per heavy atom. The zero-order valence-corrected chi connectivity index (χ0v) is 13.6. The first-order valence-corrected chi connectivity index (χ1v) is 8.28. The topological polar surface area (TPSA) is 30.5 Å². The first kappa shape index (κ1) is 16.3. The quantitative estimate of drug-likeness (QED) is 0.794. The molecule has 1 aromatic carbocycles. The number of hydrogen-bond acceptors (Lipinski definition) is 3. The Bertz CT molecular complexity index is 404. The van der Waals surface area contributed by atoms with Crippen LogP contribution in [0.3, 0.4) is 0 Å². The number of aryl methyl sites for hydroxylation is 1. The highest BCUT2D eigenvalue weighted by Gasteiger charge is 2.22. The van der Waals surface area contributed by atoms with E-state index in [1.165, 1.54) is 12.0 Å². The summed E-state index contributed by atoms with van der Waals surface area (Å²) in [6.45, 7) is 8.22. The lowest BCUT2D eigenvalue weighted by atomic mass is 10.1. The largest absolute Gasteiger partial charge is 0.491 e. The molecule has 0 aromatic heterocycles. The minimum atomic E-state index is 0.264. The van der Waals surface area contributed by atoms with Crippen LogP contribution in [0.25, 0.3) is 0 Å². The molecule has 3 unspecified atom stereocenters. The summed E-state index contributed by atoms with van der Waals surface area (Å²) < 4.78 is 11.6. The van der Waals surface area contributed by atoms with Crippen LogP contribution in [0.5, 0.6) is 5.75 Å². The van der Waals surface area contributed by atoms with Crippen LogP contribution in [0, 0.1) is 0 Å². The van der Waals surface area contributed by atoms with E-state index in [0.29, 0.717) is 18.8 Å². The second-order valence-electron chi connectivity index (χ2n) is 6.10. The van der Waals surface area contributed by atoms with Crippen molar-refractivity contribution in [2.45, 2.75) is 64.7 Å². The van der Waals surface area contributed by atoms with E-state index in [1.54, 1.807) is 0 Å². The predicted octanol–water partition coefficient (Wildman–Crippen LogP) is 3.56. The van der Waals surface area contributed by atoms with E-state index in [2.05, 4.69) is 50.4 Å². The molecule has 1 aliphatic heterocycles. The smallest absolute Gasteiger partial charge is 0.119 e. The molecule has 0 aliphatic carbocycles. The fraction of sp³-hybridized carbons (Fsp3) is 0.667. The van der Waals surface area contributed by atoms with E-state index in [9.17, 15) is 0 Å². The van der Waals surface area contributed by atoms with Gasteiger partial charge in [0.05, 0.1) is 12.2 Å². The maximum Gasteiger partial charge on any atom is 0.119 e. The molecule has 3 nitrogen and oxygen atoms in total. The highest BCUT2D eigenvalue weighted by Crippen LogP contribution is 2.21. The molecule has 0 amide bonds. The van der Waals surface area contributed by atoms with Gasteiger partial charge in [0.25, 0.3) is 0 Å². The third kappa shape index (κ3) is 5.68. The average molecular weight is 291 g/mol. The molecule has 1 heterocycles. The van der Waals surface area contributed by atoms with Crippen molar-refractivity contribution in [3.63, 3.8) is 0 Å². The first-order valence-electron chi connectivity index (χ1n) is 8.28. The number of ether oxygens (including phenoxy) is 2. The molecule has 1 aliphatic rings. The van der Waals surface area contributed by atoms with Crippen LogP contribution in [-0.2, 0) is 11.2 Å². The van der Waals surface area contributed by atoms with E-state index >= 15 is 0 Å². The fourth-order valence-electron chi connectivity index (χ4n) is 2.78. The molecule has 0 spiro atoms. The minimum Gasteiger partial charge on any atom is -0.491 e. The molecule has 1 saturated heterocycles. The molecule has 3 atom stereocenters. The highest BCUT2D eigenvalue weighted by molar-refractivity contribution is 5.27. The van der Waals surface area contributed by atoms with Crippen LogP contribution >= 0.6 is 0 Å². The number of hydrogen-bond donors (Lipinski definition) is 1. The number of rotatable bonds is 8. The maximum absolute atomic E-state index is 5.82. The Kier molecular flexibility index (Phi) is 6.52. The lowest BCUT2D eigenvalue weighted by Gasteiger charge is -2.14. The lowest BCUT2D eigenvalue weighted by Crippen LogP contribution is -2.25. The van der Waals surface area contributed by atoms with Crippen molar-refractivity contribution in [3.05, 3.63) is 29.8 Å². The summed E-state index contributed by atoms with van der Waals surface area (Å²) >= 11 is 0. The van der Waals surface area contributed by atoms with Gasteiger partial charge >= 0.3 is 0 Å². The molecule has 118 valence electrons. The van der Waals surface area contributed by atoms with Crippen LogP contribution < -0.4 is 10.1 Å². The number of nitrogens with one attached hydrogen (secondary N) is 1. The van der Waals surface area contributed by atoms with E-state index in [0.717, 1.165) is 31.6 Å². The van der Waals surface area contributed by atoms with Gasteiger partial charge in [-0.15, -0.1) is 0 Å². The predicted molar refractivity (Wildman–Crippen MR) is 87.0 cm³/mol. The second kappa shape index (κ2) is 8.40. The average Bonchev–Trinajstić information content (AvgIpc) is 2.90. The molecule has 1 fully saturated rings. The van der Waals surface area contributed by atoms with Gasteiger partial charge in [-0.1, -0.05) is 19.1 Å². The summed E-state index contributed by atoms with van der Waals surface area (Å²) in [5.41, 5.74) is 1.37. The van der Waals surface area contributed by atoms with Gasteiger partial charge in [-0.25, -0.2) is 0 Å². The normalized spacial score (nSPS) is 23.2. The van der Waals surface area contributed by atoms with Crippen molar-refractivity contribution in [3.8, 4) is 5.75 Å². The second-order valence-corrected chi connectivity index (χ2v) is 6.10. The van der Waals surface area contributed by atoms with Crippen molar-refractivity contribution in [1.29, 1.82) is 0 Å². The highest BCUT2D eigenvalue weighted by atomic mass is 16.5. The zero-order valence-electron chi connectivity index (χ0n) is 13.6. The Hall–Kier alpha value is -1.06. The van der Waals surface area contributed by atoms with Gasteiger partial charge in [-0.05, 0) is 63.8 Å². The molecule has 3 heteroatoms. The molecule has 0 radical (unpaired) electrons. The molecule has 2 rings (SSSR count). The van der Waals surface area contributed by atoms with Crippen molar-refractivity contribution in [1.82, 2.24) is 5.32 Å². The minimum absolute atomic E-state index is 0.264. The molecule has 1 N–H and O–H groups in total. The third-order valence-corrected chi connectivity index (χ3v) is 4.10. The molecule has 0 saturated carbocycles. The van der Waals surface area contributed by atoms with Gasteiger partial charge in [-0.3, -0.25) is 0 Å². The Morgan fingerprint density at radius 1 is 1.29 bits per heavy atom. The van der Waals surface area contributed by atoms with E-state index in [-0.39, 0.29) is 6.10 Å². The molecule has 0 bridgehead atoms. The van der Waals surface area contributed by atoms with Crippen molar-refractivity contribution >= 4 is 0 Å². The van der Waals surface area contributed by atoms with Crippen LogP contribution in [0.15, 0.2) is 24.3 Å². The van der Waals surface area contributed by atoms with Gasteiger partial charge in [-0.2, -0.15) is 0 Å². The summed E-state index contributed by atoms with van der Waals surface area (Å²) in [6, 6.07) is 9.07. The summed E-state index contributed by atoms with van der Waals surface area (Å²) in [5.74, 6) is 0.946. The first-order chi connectivity index (χ1) is 10.2. The monoisotopic (exact) mass is 291 g/mol. The summed E-state index contributed by atoms with van der Waals surface area (Å²) in [5, 5.41) is 3.44. The van der Waals surface area contributed by atoms with Gasteiger partial charge in [0.1, 0.15) is 12.4 Å². The Morgan fingerprint density at radius 2 is 2.05 bits per heavy atom. The van der Waals surface area contributed by atoms with Crippen LogP contribution in [0.1, 0.15) is 45.6 Å². The summed E-state index contributed by atoms with van der Waals surface area (Å²) in [6.07, 6.45) is 5.19. The Balaban J connectivity index is 1.71. The van der Waals surface area contributed by atoms with Crippen LogP contribution in [-0.4, -0.2) is 31.4 Å². The molecule has 21 heavy (non-hydrogen) atoms. The molecule has 1 aromatic rings. The van der Waals surface area contributed by atoms with Crippen molar-refractivity contribution < 1.29 is 9.47 Å². The zero-order chi connectivity index (χ0) is 15.1. The van der Waals surface area contributed by atoms with Crippen molar-refractivity contribution in [2.24, 2.45) is 0 Å². The molecular weight excluding hydrogens is 262 g/mol. The van der Waals surface area contributed by atoms with Crippen LogP contribution in [0.2, 0.25) is 0 Å². The van der Waals surface area contributed by atoms with Gasteiger partial charge in [0, 0.05) is 6.04 Å².